The first-order valence-electron chi connectivity index (χ1n) is 10.3. The highest BCUT2D eigenvalue weighted by Gasteiger charge is 2.35. The van der Waals surface area contributed by atoms with Gasteiger partial charge in [0.05, 0.1) is 25.7 Å². The fraction of sp³-hybridized carbons (Fsp3) is 0.348. The van der Waals surface area contributed by atoms with E-state index in [1.165, 1.54) is 21.1 Å². The number of ether oxygens (including phenoxy) is 3. The maximum absolute atomic E-state index is 12.4. The fourth-order valence-corrected chi connectivity index (χ4v) is 4.67. The van der Waals surface area contributed by atoms with Gasteiger partial charge in [-0.05, 0) is 18.1 Å². The Hall–Kier alpha value is -3.73. The summed E-state index contributed by atoms with van der Waals surface area (Å²) in [4.78, 5) is 62.9. The molecule has 1 saturated heterocycles. The van der Waals surface area contributed by atoms with Crippen molar-refractivity contribution in [3.63, 3.8) is 0 Å². The molecule has 2 aromatic rings. The van der Waals surface area contributed by atoms with Gasteiger partial charge in [-0.2, -0.15) is 0 Å². The summed E-state index contributed by atoms with van der Waals surface area (Å²) < 4.78 is 14.5. The molecule has 34 heavy (non-hydrogen) atoms. The number of benzene rings is 1. The minimum Gasteiger partial charge on any atom is -0.465 e. The zero-order chi connectivity index (χ0) is 24.8. The number of rotatable bonds is 8. The second-order valence-electron chi connectivity index (χ2n) is 7.56. The van der Waals surface area contributed by atoms with Crippen molar-refractivity contribution in [2.24, 2.45) is 5.92 Å². The Bertz CT molecular complexity index is 1110. The van der Waals surface area contributed by atoms with Crippen LogP contribution < -0.4 is 5.32 Å². The molecule has 0 aliphatic carbocycles. The first kappa shape index (κ1) is 24.9. The molecule has 0 bridgehead atoms. The molecule has 1 aromatic heterocycles. The van der Waals surface area contributed by atoms with Crippen molar-refractivity contribution in [1.29, 1.82) is 0 Å². The summed E-state index contributed by atoms with van der Waals surface area (Å²) in [6.07, 6.45) is 0.00633. The third kappa shape index (κ3) is 5.60. The molecule has 2 heterocycles. The zero-order valence-electron chi connectivity index (χ0n) is 18.9. The Kier molecular flexibility index (Phi) is 8.00. The van der Waals surface area contributed by atoms with Crippen molar-refractivity contribution < 1.29 is 38.2 Å². The SMILES string of the molecule is COC(=O)c1sc(NC(=O)COC(=O)C2CC(=O)N(Cc3ccccc3)C2)c(C(=O)OC)c1C. The van der Waals surface area contributed by atoms with E-state index in [0.717, 1.165) is 16.9 Å². The highest BCUT2D eigenvalue weighted by molar-refractivity contribution is 7.18. The van der Waals surface area contributed by atoms with Crippen LogP contribution in [0, 0.1) is 12.8 Å². The van der Waals surface area contributed by atoms with Gasteiger partial charge in [0.15, 0.2) is 6.61 Å². The maximum atomic E-state index is 12.4. The highest BCUT2D eigenvalue weighted by Crippen LogP contribution is 2.34. The lowest BCUT2D eigenvalue weighted by Crippen LogP contribution is -2.28. The molecule has 10 nitrogen and oxygen atoms in total. The maximum Gasteiger partial charge on any atom is 0.348 e. The van der Waals surface area contributed by atoms with E-state index in [1.807, 2.05) is 30.3 Å². The van der Waals surface area contributed by atoms with Gasteiger partial charge in [0.25, 0.3) is 5.91 Å². The van der Waals surface area contributed by atoms with Gasteiger partial charge in [0.2, 0.25) is 5.91 Å². The lowest BCUT2D eigenvalue weighted by Gasteiger charge is -2.16. The van der Waals surface area contributed by atoms with Gasteiger partial charge in [0.1, 0.15) is 9.88 Å². The van der Waals surface area contributed by atoms with Crippen LogP contribution in [-0.2, 0) is 35.1 Å². The largest absolute Gasteiger partial charge is 0.465 e. The van der Waals surface area contributed by atoms with E-state index in [-0.39, 0.29) is 34.3 Å². The molecule has 11 heteroatoms. The van der Waals surface area contributed by atoms with Crippen molar-refractivity contribution >= 4 is 46.1 Å². The van der Waals surface area contributed by atoms with E-state index in [2.05, 4.69) is 5.32 Å². The van der Waals surface area contributed by atoms with Gasteiger partial charge < -0.3 is 24.4 Å². The number of nitrogens with one attached hydrogen (secondary N) is 1. The Morgan fingerprint density at radius 3 is 2.41 bits per heavy atom. The molecular formula is C23H24N2O8S. The first-order chi connectivity index (χ1) is 16.2. The molecule has 0 saturated carbocycles. The molecule has 0 spiro atoms. The highest BCUT2D eigenvalue weighted by atomic mass is 32.1. The van der Waals surface area contributed by atoms with Gasteiger partial charge in [0, 0.05) is 19.5 Å². The van der Waals surface area contributed by atoms with Crippen molar-refractivity contribution in [3.8, 4) is 0 Å². The lowest BCUT2D eigenvalue weighted by molar-refractivity contribution is -0.151. The number of likely N-dealkylation sites (tertiary alicyclic amines) is 1. The molecule has 1 fully saturated rings. The Balaban J connectivity index is 1.59. The van der Waals surface area contributed by atoms with Crippen LogP contribution in [-0.4, -0.2) is 62.0 Å². The molecule has 1 atom stereocenters. The summed E-state index contributed by atoms with van der Waals surface area (Å²) in [5.41, 5.74) is 1.27. The van der Waals surface area contributed by atoms with Crippen LogP contribution in [0.25, 0.3) is 0 Å². The minimum atomic E-state index is -0.737. The number of hydrogen-bond acceptors (Lipinski definition) is 9. The number of amides is 2. The van der Waals surface area contributed by atoms with Crippen molar-refractivity contribution in [2.75, 3.05) is 32.7 Å². The van der Waals surface area contributed by atoms with Crippen LogP contribution in [0.4, 0.5) is 5.00 Å². The van der Waals surface area contributed by atoms with Crippen LogP contribution in [0.1, 0.15) is 37.6 Å². The number of anilines is 1. The standard InChI is InChI=1S/C23H24N2O8S/c1-13-18(22(29)31-2)20(34-19(13)23(30)32-3)24-16(26)12-33-21(28)15-9-17(27)25(11-15)10-14-7-5-4-6-8-14/h4-8,15H,9-12H2,1-3H3,(H,24,26). The van der Waals surface area contributed by atoms with Gasteiger partial charge >= 0.3 is 17.9 Å². The predicted molar refractivity (Wildman–Crippen MR) is 121 cm³/mol. The third-order valence-corrected chi connectivity index (χ3v) is 6.46. The summed E-state index contributed by atoms with van der Waals surface area (Å²) in [5, 5.41) is 2.56. The first-order valence-corrected chi connectivity index (χ1v) is 11.1. The van der Waals surface area contributed by atoms with Crippen molar-refractivity contribution in [1.82, 2.24) is 4.90 Å². The van der Waals surface area contributed by atoms with Gasteiger partial charge in [-0.3, -0.25) is 14.4 Å². The third-order valence-electron chi connectivity index (χ3n) is 5.27. The second-order valence-corrected chi connectivity index (χ2v) is 8.58. The van der Waals surface area contributed by atoms with Crippen LogP contribution in [0.3, 0.4) is 0 Å². The molecular weight excluding hydrogens is 464 g/mol. The number of methoxy groups -OCH3 is 2. The molecule has 180 valence electrons. The lowest BCUT2D eigenvalue weighted by atomic mass is 10.1. The number of esters is 3. The van der Waals surface area contributed by atoms with E-state index in [1.54, 1.807) is 4.90 Å². The average molecular weight is 489 g/mol. The molecule has 3 rings (SSSR count). The number of carbonyl (C=O) groups excluding carboxylic acids is 5. The van der Waals surface area contributed by atoms with Gasteiger partial charge in [-0.25, -0.2) is 9.59 Å². The monoisotopic (exact) mass is 488 g/mol. The molecule has 2 amide bonds. The van der Waals surface area contributed by atoms with Gasteiger partial charge in [-0.15, -0.1) is 11.3 Å². The van der Waals surface area contributed by atoms with E-state index in [0.29, 0.717) is 12.1 Å². The number of thiophene rings is 1. The summed E-state index contributed by atoms with van der Waals surface area (Å²) in [6.45, 7) is 1.50. The summed E-state index contributed by atoms with van der Waals surface area (Å²) >= 11 is 0.853. The van der Waals surface area contributed by atoms with E-state index in [9.17, 15) is 24.0 Å². The topological polar surface area (TPSA) is 128 Å². The average Bonchev–Trinajstić information content (AvgIpc) is 3.36. The number of carbonyl (C=O) groups is 5. The Morgan fingerprint density at radius 2 is 1.76 bits per heavy atom. The molecule has 1 aromatic carbocycles. The van der Waals surface area contributed by atoms with Gasteiger partial charge in [-0.1, -0.05) is 30.3 Å². The normalized spacial score (nSPS) is 15.1. The Morgan fingerprint density at radius 1 is 1.09 bits per heavy atom. The molecule has 1 aliphatic rings. The second kappa shape index (κ2) is 10.9. The summed E-state index contributed by atoms with van der Waals surface area (Å²) in [5.74, 6) is -3.61. The van der Waals surface area contributed by atoms with E-state index in [4.69, 9.17) is 14.2 Å². The van der Waals surface area contributed by atoms with Crippen molar-refractivity contribution in [2.45, 2.75) is 19.9 Å². The van der Waals surface area contributed by atoms with E-state index < -0.39 is 36.3 Å². The summed E-state index contributed by atoms with van der Waals surface area (Å²) in [7, 11) is 2.38. The van der Waals surface area contributed by atoms with Crippen molar-refractivity contribution in [3.05, 3.63) is 51.9 Å². The Labute approximate surface area is 199 Å². The summed E-state index contributed by atoms with van der Waals surface area (Å²) in [6, 6.07) is 9.40. The quantitative estimate of drug-likeness (QED) is 0.442. The molecule has 1 aliphatic heterocycles. The number of hydrogen-bond donors (Lipinski definition) is 1. The molecule has 0 radical (unpaired) electrons. The fourth-order valence-electron chi connectivity index (χ4n) is 3.54. The predicted octanol–water partition coefficient (Wildman–Crippen LogP) is 2.16. The minimum absolute atomic E-state index is 0.00633. The molecule has 1 unspecified atom stereocenters. The number of nitrogens with zero attached hydrogens (tertiary/aromatic N) is 1. The van der Waals surface area contributed by atoms with Crippen LogP contribution in [0.5, 0.6) is 0 Å². The van der Waals surface area contributed by atoms with Crippen LogP contribution in [0.15, 0.2) is 30.3 Å². The van der Waals surface area contributed by atoms with Crippen LogP contribution >= 0.6 is 11.3 Å². The van der Waals surface area contributed by atoms with E-state index >= 15 is 0 Å². The smallest absolute Gasteiger partial charge is 0.348 e. The zero-order valence-corrected chi connectivity index (χ0v) is 19.7. The van der Waals surface area contributed by atoms with Crippen LogP contribution in [0.2, 0.25) is 0 Å². The molecule has 1 N–H and O–H groups in total.